The Morgan fingerprint density at radius 3 is 1.00 bits per heavy atom. The fourth-order valence-corrected chi connectivity index (χ4v) is 0. The molecule has 0 aliphatic rings. The van der Waals surface area contributed by atoms with Crippen LogP contribution in [0.2, 0.25) is 0 Å². The van der Waals surface area contributed by atoms with E-state index in [4.69, 9.17) is 0 Å². The summed E-state index contributed by atoms with van der Waals surface area (Å²) in [5.74, 6) is 0. The summed E-state index contributed by atoms with van der Waals surface area (Å²) in [5, 5.41) is 0. The molecule has 0 heterocycles. The van der Waals surface area contributed by atoms with Crippen LogP contribution in [0.4, 0.5) is 0 Å². The highest BCUT2D eigenvalue weighted by atomic mass is 35.5. The van der Waals surface area contributed by atoms with Gasteiger partial charge in [-0.05, 0) is 12.5 Å². The van der Waals surface area contributed by atoms with Crippen molar-refractivity contribution in [2.75, 3.05) is 12.5 Å². The predicted molar refractivity (Wildman–Crippen MR) is 39.7 cm³/mol. The monoisotopic (exact) mass is 145 g/mol. The van der Waals surface area contributed by atoms with Gasteiger partial charge in [0.1, 0.15) is 0 Å². The van der Waals surface area contributed by atoms with Crippen LogP contribution in [0.5, 0.6) is 0 Å². The summed E-state index contributed by atoms with van der Waals surface area (Å²) in [5.41, 5.74) is 0. The Balaban J connectivity index is -0.00000000667. The van der Waals surface area contributed by atoms with Crippen molar-refractivity contribution in [1.82, 2.24) is 0 Å². The molecular weight excluding hydrogens is 138 g/mol. The molecule has 39 valence electrons. The molecule has 0 nitrogen and oxygen atoms in total. The molecule has 0 spiro atoms. The van der Waals surface area contributed by atoms with Crippen LogP contribution in [-0.4, -0.2) is 20.9 Å². The van der Waals surface area contributed by atoms with Gasteiger partial charge in [-0.15, -0.1) is 24.8 Å². The Hall–Kier alpha value is 0.995. The fourth-order valence-electron chi connectivity index (χ4n) is 0. The molecule has 3 radical (unpaired) electrons. The molecule has 0 fully saturated rings. The zero-order valence-electron chi connectivity index (χ0n) is 3.80. The summed E-state index contributed by atoms with van der Waals surface area (Å²) in [6.45, 7) is 0. The first-order valence-electron chi connectivity index (χ1n) is 0.816. The highest BCUT2D eigenvalue weighted by molar-refractivity contribution is 7.97. The topological polar surface area (TPSA) is 0 Å². The first-order valence-corrected chi connectivity index (χ1v) is 2.45. The smallest absolute Gasteiger partial charge is 0 e. The molecule has 0 atom stereocenters. The summed E-state index contributed by atoms with van der Waals surface area (Å²) in [6, 6.07) is 0. The van der Waals surface area contributed by atoms with Gasteiger partial charge in [-0.25, -0.2) is 0 Å². The van der Waals surface area contributed by atoms with Gasteiger partial charge in [0, 0.05) is 8.41 Å². The lowest BCUT2D eigenvalue weighted by atomic mass is 10.8. The molecule has 0 rings (SSSR count). The summed E-state index contributed by atoms with van der Waals surface area (Å²) < 4.78 is 0. The number of hydrogen-bond donors (Lipinski definition) is 0. The summed E-state index contributed by atoms with van der Waals surface area (Å²) in [4.78, 5) is 0. The van der Waals surface area contributed by atoms with Crippen molar-refractivity contribution >= 4 is 45.0 Å². The van der Waals surface area contributed by atoms with Crippen LogP contribution in [-0.2, 0) is 0 Å². The minimum atomic E-state index is 0. The van der Waals surface area contributed by atoms with Gasteiger partial charge < -0.3 is 0 Å². The van der Waals surface area contributed by atoms with E-state index in [-0.39, 0.29) is 33.2 Å². The van der Waals surface area contributed by atoms with Gasteiger partial charge in [-0.3, -0.25) is 0 Å². The standard InChI is InChI=1S/C2H6S.B.2ClH/c1-3-2;;;/h1-2H3;;2*1H. The van der Waals surface area contributed by atoms with Crippen LogP contribution in [0.15, 0.2) is 0 Å². The van der Waals surface area contributed by atoms with E-state index in [0.717, 1.165) is 0 Å². The third-order valence-corrected chi connectivity index (χ3v) is 0. The van der Waals surface area contributed by atoms with Gasteiger partial charge in [0.25, 0.3) is 0 Å². The first kappa shape index (κ1) is 28.0. The van der Waals surface area contributed by atoms with Crippen molar-refractivity contribution in [3.8, 4) is 0 Å². The van der Waals surface area contributed by atoms with Gasteiger partial charge in [0.05, 0.1) is 0 Å². The van der Waals surface area contributed by atoms with E-state index in [1.54, 1.807) is 11.8 Å². The second-order valence-corrected chi connectivity index (χ2v) is 1.22. The van der Waals surface area contributed by atoms with Crippen LogP contribution in [0, 0.1) is 0 Å². The molecule has 0 aromatic rings. The Morgan fingerprint density at radius 2 is 1.00 bits per heavy atom. The number of thioether (sulfide) groups is 1. The largest absolute Gasteiger partial charge is 0.169 e. The van der Waals surface area contributed by atoms with Gasteiger partial charge >= 0.3 is 0 Å². The molecule has 0 amide bonds. The number of halogens is 2. The predicted octanol–water partition coefficient (Wildman–Crippen LogP) is 1.44. The molecule has 6 heavy (non-hydrogen) atoms. The molecule has 0 saturated carbocycles. The highest BCUT2D eigenvalue weighted by Gasteiger charge is 1.32. The van der Waals surface area contributed by atoms with Crippen LogP contribution >= 0.6 is 36.6 Å². The minimum Gasteiger partial charge on any atom is -0.169 e. The molecule has 4 heteroatoms. The van der Waals surface area contributed by atoms with Crippen molar-refractivity contribution in [2.24, 2.45) is 0 Å². The van der Waals surface area contributed by atoms with Crippen LogP contribution < -0.4 is 0 Å². The molecule has 0 saturated heterocycles. The van der Waals surface area contributed by atoms with Crippen molar-refractivity contribution in [3.05, 3.63) is 0 Å². The first-order chi connectivity index (χ1) is 1.41. The van der Waals surface area contributed by atoms with Crippen LogP contribution in [0.3, 0.4) is 0 Å². The minimum absolute atomic E-state index is 0. The van der Waals surface area contributed by atoms with Gasteiger partial charge in [0.15, 0.2) is 0 Å². The van der Waals surface area contributed by atoms with Crippen LogP contribution in [0.1, 0.15) is 0 Å². The SMILES string of the molecule is CSC.Cl.Cl.[B]. The Bertz CT molecular complexity index is 11.5. The van der Waals surface area contributed by atoms with Crippen molar-refractivity contribution in [1.29, 1.82) is 0 Å². The lowest BCUT2D eigenvalue weighted by molar-refractivity contribution is 2.37. The lowest BCUT2D eigenvalue weighted by Gasteiger charge is -1.51. The average Bonchev–Trinajstić information content (AvgIpc) is 0.918. The van der Waals surface area contributed by atoms with Crippen molar-refractivity contribution < 1.29 is 0 Å². The Labute approximate surface area is 57.9 Å². The maximum Gasteiger partial charge on any atom is 0 e. The normalized spacial score (nSPS) is 3.00. The zero-order valence-corrected chi connectivity index (χ0v) is 6.25. The molecule has 0 aromatic heterocycles. The average molecular weight is 146 g/mol. The fraction of sp³-hybridized carbons (Fsp3) is 1.00. The van der Waals surface area contributed by atoms with E-state index in [2.05, 4.69) is 0 Å². The van der Waals surface area contributed by atoms with E-state index < -0.39 is 0 Å². The van der Waals surface area contributed by atoms with E-state index in [9.17, 15) is 0 Å². The second kappa shape index (κ2) is 37.6. The van der Waals surface area contributed by atoms with Gasteiger partial charge in [-0.1, -0.05) is 0 Å². The number of rotatable bonds is 0. The zero-order chi connectivity index (χ0) is 2.71. The molecular formula is C2H8BCl2S. The summed E-state index contributed by atoms with van der Waals surface area (Å²) in [6.07, 6.45) is 4.08. The van der Waals surface area contributed by atoms with Crippen molar-refractivity contribution in [3.63, 3.8) is 0 Å². The highest BCUT2D eigenvalue weighted by Crippen LogP contribution is 1.70. The number of hydrogen-bond acceptors (Lipinski definition) is 1. The van der Waals surface area contributed by atoms with Crippen molar-refractivity contribution in [2.45, 2.75) is 0 Å². The third-order valence-electron chi connectivity index (χ3n) is 0. The van der Waals surface area contributed by atoms with Gasteiger partial charge in [0.2, 0.25) is 0 Å². The van der Waals surface area contributed by atoms with Crippen LogP contribution in [0.25, 0.3) is 0 Å². The summed E-state index contributed by atoms with van der Waals surface area (Å²) >= 11 is 1.75. The summed E-state index contributed by atoms with van der Waals surface area (Å²) in [7, 11) is 0. The molecule has 0 unspecified atom stereocenters. The maximum absolute atomic E-state index is 2.04. The Kier molecular flexibility index (Phi) is 176. The second-order valence-electron chi connectivity index (χ2n) is 0.408. The van der Waals surface area contributed by atoms with E-state index >= 15 is 0 Å². The molecule has 0 aliphatic carbocycles. The Morgan fingerprint density at radius 1 is 1.00 bits per heavy atom. The molecule has 0 aromatic carbocycles. The van der Waals surface area contributed by atoms with Gasteiger partial charge in [-0.2, -0.15) is 11.8 Å². The maximum atomic E-state index is 2.04. The van der Waals surface area contributed by atoms with E-state index in [0.29, 0.717) is 0 Å². The quantitative estimate of drug-likeness (QED) is 0.466. The molecule has 0 aliphatic heterocycles. The lowest BCUT2D eigenvalue weighted by Crippen LogP contribution is -1.25. The third kappa shape index (κ3) is 80.5. The van der Waals surface area contributed by atoms with E-state index in [1.807, 2.05) is 12.5 Å². The molecule has 0 bridgehead atoms. The van der Waals surface area contributed by atoms with E-state index in [1.165, 1.54) is 0 Å². The molecule has 0 N–H and O–H groups in total.